The van der Waals surface area contributed by atoms with Crippen molar-refractivity contribution in [1.82, 2.24) is 14.9 Å². The van der Waals surface area contributed by atoms with Gasteiger partial charge in [0.2, 0.25) is 0 Å². The molecule has 0 aliphatic carbocycles. The second-order valence-corrected chi connectivity index (χ2v) is 11.2. The molecule has 6 rings (SSSR count). The summed E-state index contributed by atoms with van der Waals surface area (Å²) in [7, 11) is 0. The number of hydrogen-bond acceptors (Lipinski definition) is 3. The number of nitrogens with one attached hydrogen (secondary N) is 1. The largest absolute Gasteiger partial charge is 0.457 e. The van der Waals surface area contributed by atoms with Gasteiger partial charge >= 0.3 is 0 Å². The number of aryl methyl sites for hydroxylation is 1. The average Bonchev–Trinajstić information content (AvgIpc) is 3.42. The zero-order valence-electron chi connectivity index (χ0n) is 23.4. The van der Waals surface area contributed by atoms with Gasteiger partial charge in [0.25, 0.3) is 0 Å². The van der Waals surface area contributed by atoms with E-state index < -0.39 is 0 Å². The van der Waals surface area contributed by atoms with Crippen LogP contribution in [-0.2, 0) is 0 Å². The number of hydrogen-bond donors (Lipinski definition) is 1. The standard InChI is InChI=1S/C34H31ClN4OS/c1-21-10-5-6-14-30(21)40-28-17-15-26(16-18-28)39-33(32(37-34(39)41)29-13-7-8-19-36-29)31-22(2)23(3)38(24(31)4)27-12-9-11-25(35)20-27/h5-20,32-33H,1-4H3,(H,37,41). The molecule has 5 aromatic rings. The molecule has 1 N–H and O–H groups in total. The van der Waals surface area contributed by atoms with Crippen LogP contribution in [0.4, 0.5) is 5.69 Å². The first-order valence-electron chi connectivity index (χ1n) is 13.6. The van der Waals surface area contributed by atoms with Crippen LogP contribution in [0.15, 0.2) is 97.2 Å². The predicted octanol–water partition coefficient (Wildman–Crippen LogP) is 8.73. The van der Waals surface area contributed by atoms with Crippen LogP contribution in [0, 0.1) is 27.7 Å². The lowest BCUT2D eigenvalue weighted by atomic mass is 9.93. The van der Waals surface area contributed by atoms with E-state index in [4.69, 9.17) is 33.5 Å². The van der Waals surface area contributed by atoms with Crippen molar-refractivity contribution >= 4 is 34.6 Å². The van der Waals surface area contributed by atoms with Crippen LogP contribution in [0.1, 0.15) is 45.9 Å². The molecule has 0 saturated carbocycles. The fourth-order valence-corrected chi connectivity index (χ4v) is 6.37. The van der Waals surface area contributed by atoms with Gasteiger partial charge in [-0.05, 0) is 112 Å². The van der Waals surface area contributed by atoms with Gasteiger partial charge in [0, 0.05) is 39.5 Å². The molecule has 1 fully saturated rings. The number of halogens is 1. The van der Waals surface area contributed by atoms with E-state index in [1.54, 1.807) is 0 Å². The average molecular weight is 579 g/mol. The minimum Gasteiger partial charge on any atom is -0.457 e. The van der Waals surface area contributed by atoms with E-state index in [0.29, 0.717) is 10.1 Å². The normalized spacial score (nSPS) is 16.6. The Balaban J connectivity index is 1.45. The molecule has 0 spiro atoms. The van der Waals surface area contributed by atoms with Gasteiger partial charge in [0.1, 0.15) is 11.5 Å². The summed E-state index contributed by atoms with van der Waals surface area (Å²) in [5, 5.41) is 4.96. The topological polar surface area (TPSA) is 42.3 Å². The summed E-state index contributed by atoms with van der Waals surface area (Å²) < 4.78 is 8.46. The number of ether oxygens (including phenoxy) is 1. The Bertz CT molecular complexity index is 1730. The molecule has 7 heteroatoms. The Hall–Kier alpha value is -4.13. The first-order chi connectivity index (χ1) is 19.8. The maximum absolute atomic E-state index is 6.40. The minimum absolute atomic E-state index is 0.125. The Kier molecular flexibility index (Phi) is 7.28. The van der Waals surface area contributed by atoms with Gasteiger partial charge in [0.05, 0.1) is 17.8 Å². The highest BCUT2D eigenvalue weighted by Gasteiger charge is 2.43. The molecule has 2 atom stereocenters. The molecule has 3 aromatic carbocycles. The van der Waals surface area contributed by atoms with Gasteiger partial charge < -0.3 is 19.5 Å². The molecule has 41 heavy (non-hydrogen) atoms. The molecule has 1 aliphatic heterocycles. The van der Waals surface area contributed by atoms with Crippen LogP contribution in [0.5, 0.6) is 11.5 Å². The lowest BCUT2D eigenvalue weighted by molar-refractivity contribution is 0.479. The molecule has 0 radical (unpaired) electrons. The highest BCUT2D eigenvalue weighted by atomic mass is 35.5. The van der Waals surface area contributed by atoms with Crippen LogP contribution in [0.3, 0.4) is 0 Å². The quantitative estimate of drug-likeness (QED) is 0.204. The van der Waals surface area contributed by atoms with Gasteiger partial charge in [0.15, 0.2) is 5.11 Å². The summed E-state index contributed by atoms with van der Waals surface area (Å²) in [6, 6.07) is 29.9. The first-order valence-corrected chi connectivity index (χ1v) is 14.4. The molecule has 5 nitrogen and oxygen atoms in total. The van der Waals surface area contributed by atoms with E-state index in [1.807, 2.05) is 79.9 Å². The lowest BCUT2D eigenvalue weighted by Gasteiger charge is -2.29. The molecule has 0 bridgehead atoms. The molecule has 2 aromatic heterocycles. The van der Waals surface area contributed by atoms with E-state index in [1.165, 1.54) is 16.8 Å². The third-order valence-corrected chi connectivity index (χ3v) is 8.45. The van der Waals surface area contributed by atoms with Crippen molar-refractivity contribution in [1.29, 1.82) is 0 Å². The van der Waals surface area contributed by atoms with Crippen LogP contribution in [0.2, 0.25) is 5.02 Å². The third-order valence-electron chi connectivity index (χ3n) is 7.90. The van der Waals surface area contributed by atoms with Crippen LogP contribution < -0.4 is 15.0 Å². The van der Waals surface area contributed by atoms with Gasteiger partial charge in [-0.3, -0.25) is 4.98 Å². The maximum atomic E-state index is 6.40. The predicted molar refractivity (Wildman–Crippen MR) is 171 cm³/mol. The maximum Gasteiger partial charge on any atom is 0.174 e. The number of para-hydroxylation sites is 1. The third kappa shape index (κ3) is 4.98. The van der Waals surface area contributed by atoms with Crippen LogP contribution in [-0.4, -0.2) is 14.7 Å². The summed E-state index contributed by atoms with van der Waals surface area (Å²) in [6.07, 6.45) is 1.83. The fraction of sp³-hybridized carbons (Fsp3) is 0.176. The molecule has 206 valence electrons. The van der Waals surface area contributed by atoms with E-state index in [-0.39, 0.29) is 12.1 Å². The Morgan fingerprint density at radius 3 is 2.29 bits per heavy atom. The number of pyridine rings is 1. The van der Waals surface area contributed by atoms with E-state index >= 15 is 0 Å². The highest BCUT2D eigenvalue weighted by molar-refractivity contribution is 7.80. The Labute approximate surface area is 251 Å². The number of thiocarbonyl (C=S) groups is 1. The molecule has 1 saturated heterocycles. The van der Waals surface area contributed by atoms with Crippen LogP contribution in [0.25, 0.3) is 5.69 Å². The van der Waals surface area contributed by atoms with Crippen molar-refractivity contribution in [2.45, 2.75) is 39.8 Å². The first kappa shape index (κ1) is 27.1. The number of nitrogens with zero attached hydrogens (tertiary/aromatic N) is 3. The summed E-state index contributed by atoms with van der Waals surface area (Å²) >= 11 is 12.4. The molecular formula is C34H31ClN4OS. The fourth-order valence-electron chi connectivity index (χ4n) is 5.84. The number of aromatic nitrogens is 2. The van der Waals surface area contributed by atoms with Gasteiger partial charge in [-0.15, -0.1) is 0 Å². The molecule has 1 aliphatic rings. The molecular weight excluding hydrogens is 548 g/mol. The van der Waals surface area contributed by atoms with Crippen molar-refractivity contribution in [2.24, 2.45) is 0 Å². The Morgan fingerprint density at radius 2 is 1.59 bits per heavy atom. The van der Waals surface area contributed by atoms with Crippen molar-refractivity contribution in [3.63, 3.8) is 0 Å². The zero-order chi connectivity index (χ0) is 28.7. The Morgan fingerprint density at radius 1 is 0.829 bits per heavy atom. The van der Waals surface area contributed by atoms with Gasteiger partial charge in [-0.1, -0.05) is 41.9 Å². The van der Waals surface area contributed by atoms with E-state index in [2.05, 4.69) is 59.8 Å². The second-order valence-electron chi connectivity index (χ2n) is 10.4. The smallest absolute Gasteiger partial charge is 0.174 e. The zero-order valence-corrected chi connectivity index (χ0v) is 25.0. The molecule has 3 heterocycles. The summed E-state index contributed by atoms with van der Waals surface area (Å²) in [4.78, 5) is 6.95. The van der Waals surface area contributed by atoms with Crippen molar-refractivity contribution in [3.8, 4) is 17.2 Å². The van der Waals surface area contributed by atoms with E-state index in [0.717, 1.165) is 39.8 Å². The monoisotopic (exact) mass is 578 g/mol. The summed E-state index contributed by atoms with van der Waals surface area (Å²) in [5.74, 6) is 1.62. The van der Waals surface area contributed by atoms with Crippen LogP contribution >= 0.6 is 23.8 Å². The number of anilines is 1. The SMILES string of the molecule is Cc1ccccc1Oc1ccc(N2C(=S)NC(c3ccccn3)C2c2c(C)c(C)n(-c3cccc(Cl)c3)c2C)cc1. The highest BCUT2D eigenvalue weighted by Crippen LogP contribution is 2.45. The van der Waals surface area contributed by atoms with Crippen molar-refractivity contribution < 1.29 is 4.74 Å². The molecule has 0 amide bonds. The number of rotatable bonds is 6. The van der Waals surface area contributed by atoms with Crippen molar-refractivity contribution in [2.75, 3.05) is 4.90 Å². The number of benzene rings is 3. The second kappa shape index (κ2) is 11.0. The lowest BCUT2D eigenvalue weighted by Crippen LogP contribution is -2.29. The minimum atomic E-state index is -0.140. The van der Waals surface area contributed by atoms with Gasteiger partial charge in [-0.2, -0.15) is 0 Å². The summed E-state index contributed by atoms with van der Waals surface area (Å²) in [6.45, 7) is 8.56. The summed E-state index contributed by atoms with van der Waals surface area (Å²) in [5.41, 5.74) is 8.78. The van der Waals surface area contributed by atoms with Gasteiger partial charge in [-0.25, -0.2) is 0 Å². The molecule has 2 unspecified atom stereocenters. The van der Waals surface area contributed by atoms with Crippen molar-refractivity contribution in [3.05, 3.63) is 136 Å². The van der Waals surface area contributed by atoms with E-state index in [9.17, 15) is 0 Å².